The van der Waals surface area contributed by atoms with E-state index in [1.807, 2.05) is 37.3 Å². The number of hydrogen-bond donors (Lipinski definition) is 1. The fourth-order valence-electron chi connectivity index (χ4n) is 2.02. The van der Waals surface area contributed by atoms with Crippen molar-refractivity contribution in [1.29, 1.82) is 0 Å². The van der Waals surface area contributed by atoms with Gasteiger partial charge in [-0.2, -0.15) is 0 Å². The van der Waals surface area contributed by atoms with E-state index in [9.17, 15) is 0 Å². The van der Waals surface area contributed by atoms with Crippen molar-refractivity contribution in [3.8, 4) is 0 Å². The maximum Gasteiger partial charge on any atom is 0.136 e. The number of rotatable bonds is 2. The van der Waals surface area contributed by atoms with Gasteiger partial charge in [-0.25, -0.2) is 9.97 Å². The van der Waals surface area contributed by atoms with Crippen LogP contribution in [0.5, 0.6) is 0 Å². The number of nitrogen functional groups attached to an aromatic ring is 1. The molecule has 2 N–H and O–H groups in total. The second-order valence-electron chi connectivity index (χ2n) is 4.41. The minimum Gasteiger partial charge on any atom is -0.383 e. The number of anilines is 1. The number of fused-ring (bicyclic) bond motifs is 1. The second kappa shape index (κ2) is 4.79. The number of nitrogens with zero attached hydrogens (tertiary/aromatic N) is 2. The fraction of sp³-hybridized carbons (Fsp3) is 0.143. The normalized spacial score (nSPS) is 11.1. The minimum absolute atomic E-state index is 0.548. The van der Waals surface area contributed by atoms with Crippen molar-refractivity contribution in [3.05, 3.63) is 51.6 Å². The molecule has 0 atom stereocenters. The first kappa shape index (κ1) is 12.4. The van der Waals surface area contributed by atoms with Gasteiger partial charge in [0.05, 0.1) is 5.39 Å². The molecule has 5 heteroatoms. The van der Waals surface area contributed by atoms with Crippen LogP contribution in [0.3, 0.4) is 0 Å². The molecule has 0 amide bonds. The van der Waals surface area contributed by atoms with Crippen LogP contribution >= 0.6 is 22.9 Å². The summed E-state index contributed by atoms with van der Waals surface area (Å²) in [5, 5.41) is 1.66. The Labute approximate surface area is 120 Å². The summed E-state index contributed by atoms with van der Waals surface area (Å²) in [4.78, 5) is 11.1. The van der Waals surface area contributed by atoms with Gasteiger partial charge < -0.3 is 5.73 Å². The minimum atomic E-state index is 0.548. The van der Waals surface area contributed by atoms with Crippen molar-refractivity contribution in [2.45, 2.75) is 13.3 Å². The molecule has 0 saturated carbocycles. The fourth-order valence-corrected chi connectivity index (χ4v) is 3.14. The molecule has 0 unspecified atom stereocenters. The predicted molar refractivity (Wildman–Crippen MR) is 80.8 cm³/mol. The van der Waals surface area contributed by atoms with E-state index in [1.165, 1.54) is 4.88 Å². The maximum absolute atomic E-state index is 5.98. The summed E-state index contributed by atoms with van der Waals surface area (Å²) in [7, 11) is 0. The Morgan fingerprint density at radius 1 is 1.26 bits per heavy atom. The zero-order valence-corrected chi connectivity index (χ0v) is 11.9. The number of aromatic nitrogens is 2. The first-order valence-electron chi connectivity index (χ1n) is 5.89. The van der Waals surface area contributed by atoms with Gasteiger partial charge in [-0.3, -0.25) is 0 Å². The Morgan fingerprint density at radius 3 is 2.89 bits per heavy atom. The molecule has 0 spiro atoms. The van der Waals surface area contributed by atoms with Crippen LogP contribution in [0.2, 0.25) is 5.02 Å². The summed E-state index contributed by atoms with van der Waals surface area (Å²) in [6, 6.07) is 9.74. The molecule has 2 aromatic heterocycles. The van der Waals surface area contributed by atoms with Gasteiger partial charge in [0, 0.05) is 16.3 Å². The van der Waals surface area contributed by atoms with Crippen molar-refractivity contribution in [2.24, 2.45) is 0 Å². The average Bonchev–Trinajstić information content (AvgIpc) is 2.70. The average molecular weight is 290 g/mol. The molecule has 0 aliphatic rings. The van der Waals surface area contributed by atoms with E-state index in [1.54, 1.807) is 11.3 Å². The highest BCUT2D eigenvalue weighted by molar-refractivity contribution is 7.18. The van der Waals surface area contributed by atoms with Crippen LogP contribution in [0.1, 0.15) is 16.3 Å². The van der Waals surface area contributed by atoms with Crippen LogP contribution < -0.4 is 5.73 Å². The third-order valence-corrected chi connectivity index (χ3v) is 4.02. The Morgan fingerprint density at radius 2 is 2.11 bits per heavy atom. The molecule has 96 valence electrons. The molecule has 0 aliphatic carbocycles. The Bertz CT molecular complexity index is 752. The lowest BCUT2D eigenvalue weighted by molar-refractivity contribution is 1.00. The SMILES string of the molecule is Cc1cc2c(N)nc(Cc3cccc(Cl)c3)nc2s1. The zero-order chi connectivity index (χ0) is 13.4. The van der Waals surface area contributed by atoms with Gasteiger partial charge >= 0.3 is 0 Å². The zero-order valence-electron chi connectivity index (χ0n) is 10.4. The predicted octanol–water partition coefficient (Wildman–Crippen LogP) is 3.83. The first-order chi connectivity index (χ1) is 9.11. The molecule has 0 radical (unpaired) electrons. The summed E-state index contributed by atoms with van der Waals surface area (Å²) >= 11 is 7.61. The number of nitrogens with two attached hydrogens (primary N) is 1. The lowest BCUT2D eigenvalue weighted by atomic mass is 10.1. The highest BCUT2D eigenvalue weighted by Gasteiger charge is 2.08. The number of hydrogen-bond acceptors (Lipinski definition) is 4. The van der Waals surface area contributed by atoms with Gasteiger partial charge in [0.15, 0.2) is 0 Å². The van der Waals surface area contributed by atoms with Crippen LogP contribution in [0.15, 0.2) is 30.3 Å². The standard InChI is InChI=1S/C14H12ClN3S/c1-8-5-11-13(16)17-12(18-14(11)19-8)7-9-3-2-4-10(15)6-9/h2-6H,7H2,1H3,(H2,16,17,18). The third kappa shape index (κ3) is 2.55. The first-order valence-corrected chi connectivity index (χ1v) is 7.08. The molecule has 0 saturated heterocycles. The highest BCUT2D eigenvalue weighted by Crippen LogP contribution is 2.27. The molecular formula is C14H12ClN3S. The molecule has 3 aromatic rings. The van der Waals surface area contributed by atoms with Crippen LogP contribution in [0.25, 0.3) is 10.2 Å². The van der Waals surface area contributed by atoms with Crippen LogP contribution in [0.4, 0.5) is 5.82 Å². The number of halogens is 1. The summed E-state index contributed by atoms with van der Waals surface area (Å²) in [6.07, 6.45) is 0.637. The van der Waals surface area contributed by atoms with Crippen LogP contribution in [-0.2, 0) is 6.42 Å². The maximum atomic E-state index is 5.98. The smallest absolute Gasteiger partial charge is 0.136 e. The van der Waals surface area contributed by atoms with Crippen molar-refractivity contribution in [1.82, 2.24) is 9.97 Å². The molecule has 0 aliphatic heterocycles. The molecule has 3 nitrogen and oxygen atoms in total. The molecule has 0 bridgehead atoms. The van der Waals surface area contributed by atoms with Crippen LogP contribution in [0, 0.1) is 6.92 Å². The molecule has 19 heavy (non-hydrogen) atoms. The lowest BCUT2D eigenvalue weighted by Gasteiger charge is -2.03. The third-order valence-electron chi connectivity index (χ3n) is 2.84. The summed E-state index contributed by atoms with van der Waals surface area (Å²) < 4.78 is 0. The quantitative estimate of drug-likeness (QED) is 0.780. The van der Waals surface area contributed by atoms with E-state index in [-0.39, 0.29) is 0 Å². The van der Waals surface area contributed by atoms with E-state index in [2.05, 4.69) is 9.97 Å². The highest BCUT2D eigenvalue weighted by atomic mass is 35.5. The van der Waals surface area contributed by atoms with Gasteiger partial charge in [-0.1, -0.05) is 23.7 Å². The van der Waals surface area contributed by atoms with E-state index in [0.717, 1.165) is 26.6 Å². The molecule has 1 aromatic carbocycles. The molecular weight excluding hydrogens is 278 g/mol. The Balaban J connectivity index is 2.01. The van der Waals surface area contributed by atoms with Crippen molar-refractivity contribution in [3.63, 3.8) is 0 Å². The van der Waals surface area contributed by atoms with E-state index < -0.39 is 0 Å². The summed E-state index contributed by atoms with van der Waals surface area (Å²) in [6.45, 7) is 2.04. The van der Waals surface area contributed by atoms with Crippen molar-refractivity contribution >= 4 is 39.0 Å². The van der Waals surface area contributed by atoms with Crippen molar-refractivity contribution < 1.29 is 0 Å². The molecule has 3 rings (SSSR count). The van der Waals surface area contributed by atoms with Gasteiger partial charge in [0.25, 0.3) is 0 Å². The number of aryl methyl sites for hydroxylation is 1. The monoisotopic (exact) mass is 289 g/mol. The van der Waals surface area contributed by atoms with Crippen LogP contribution in [-0.4, -0.2) is 9.97 Å². The largest absolute Gasteiger partial charge is 0.383 e. The summed E-state index contributed by atoms with van der Waals surface area (Å²) in [5.74, 6) is 1.28. The number of thiophene rings is 1. The van der Waals surface area contributed by atoms with E-state index in [0.29, 0.717) is 12.2 Å². The molecule has 0 fully saturated rings. The summed E-state index contributed by atoms with van der Waals surface area (Å²) in [5.41, 5.74) is 7.07. The van der Waals surface area contributed by atoms with Gasteiger partial charge in [-0.15, -0.1) is 11.3 Å². The van der Waals surface area contributed by atoms with Gasteiger partial charge in [0.2, 0.25) is 0 Å². The van der Waals surface area contributed by atoms with E-state index in [4.69, 9.17) is 17.3 Å². The Hall–Kier alpha value is -1.65. The van der Waals surface area contributed by atoms with Crippen molar-refractivity contribution in [2.75, 3.05) is 5.73 Å². The topological polar surface area (TPSA) is 51.8 Å². The Kier molecular flexibility index (Phi) is 3.12. The van der Waals surface area contributed by atoms with Gasteiger partial charge in [-0.05, 0) is 30.7 Å². The van der Waals surface area contributed by atoms with Gasteiger partial charge in [0.1, 0.15) is 16.5 Å². The lowest BCUT2D eigenvalue weighted by Crippen LogP contribution is -2.00. The second-order valence-corrected chi connectivity index (χ2v) is 6.08. The number of benzene rings is 1. The molecule has 2 heterocycles. The van der Waals surface area contributed by atoms with E-state index >= 15 is 0 Å².